The maximum Gasteiger partial charge on any atom is 0.0266 e. The van der Waals surface area contributed by atoms with Crippen LogP contribution in [0.5, 0.6) is 0 Å². The summed E-state index contributed by atoms with van der Waals surface area (Å²) in [5, 5.41) is 0. The highest BCUT2D eigenvalue weighted by Gasteiger charge is 2.31. The molecule has 2 aliphatic carbocycles. The van der Waals surface area contributed by atoms with Crippen molar-refractivity contribution in [3.8, 4) is 0 Å². The van der Waals surface area contributed by atoms with Crippen LogP contribution in [0.4, 0.5) is 0 Å². The molecular weight excluding hydrogens is 208 g/mol. The van der Waals surface area contributed by atoms with Gasteiger partial charge >= 0.3 is 0 Å². The van der Waals surface area contributed by atoms with E-state index in [1.807, 2.05) is 0 Å². The zero-order valence-corrected chi connectivity index (χ0v) is 11.5. The molecule has 0 aromatic carbocycles. The molecule has 1 atom stereocenters. The summed E-state index contributed by atoms with van der Waals surface area (Å²) in [6.45, 7) is 2.40. The van der Waals surface area contributed by atoms with Crippen molar-refractivity contribution in [2.45, 2.75) is 77.2 Å². The smallest absolute Gasteiger partial charge is 0.0266 e. The summed E-state index contributed by atoms with van der Waals surface area (Å²) in [5.74, 6) is 8.51. The Morgan fingerprint density at radius 3 is 1.88 bits per heavy atom. The first-order valence-electron chi connectivity index (χ1n) is 7.77. The Bertz CT molecular complexity index is 201. The number of nitrogens with one attached hydrogen (secondary N) is 1. The topological polar surface area (TPSA) is 38.0 Å². The van der Waals surface area contributed by atoms with Crippen LogP contribution >= 0.6 is 0 Å². The van der Waals surface area contributed by atoms with E-state index >= 15 is 0 Å². The highest BCUT2D eigenvalue weighted by atomic mass is 15.2. The average molecular weight is 238 g/mol. The molecule has 0 aromatic rings. The maximum absolute atomic E-state index is 5.87. The van der Waals surface area contributed by atoms with E-state index in [9.17, 15) is 0 Å². The lowest BCUT2D eigenvalue weighted by Crippen LogP contribution is -2.47. The van der Waals surface area contributed by atoms with Crippen LogP contribution in [0.25, 0.3) is 0 Å². The lowest BCUT2D eigenvalue weighted by molar-refractivity contribution is 0.173. The monoisotopic (exact) mass is 238 g/mol. The Morgan fingerprint density at radius 2 is 1.35 bits per heavy atom. The molecule has 0 aromatic heterocycles. The van der Waals surface area contributed by atoms with E-state index in [-0.39, 0.29) is 0 Å². The van der Waals surface area contributed by atoms with Crippen LogP contribution in [0, 0.1) is 17.8 Å². The minimum atomic E-state index is 0.598. The largest absolute Gasteiger partial charge is 0.271 e. The normalized spacial score (nSPS) is 34.2. The predicted octanol–water partition coefficient (Wildman–Crippen LogP) is 3.62. The summed E-state index contributed by atoms with van der Waals surface area (Å²) < 4.78 is 0. The zero-order valence-electron chi connectivity index (χ0n) is 11.5. The molecule has 0 heterocycles. The first-order chi connectivity index (χ1) is 8.31. The Hall–Kier alpha value is -0.0800. The second-order valence-electron chi connectivity index (χ2n) is 6.46. The molecule has 0 saturated heterocycles. The first kappa shape index (κ1) is 13.4. The minimum Gasteiger partial charge on any atom is -0.271 e. The van der Waals surface area contributed by atoms with Crippen molar-refractivity contribution in [1.82, 2.24) is 5.43 Å². The van der Waals surface area contributed by atoms with Gasteiger partial charge in [-0.05, 0) is 43.4 Å². The van der Waals surface area contributed by atoms with Crippen LogP contribution in [0.3, 0.4) is 0 Å². The maximum atomic E-state index is 5.87. The van der Waals surface area contributed by atoms with E-state index in [1.165, 1.54) is 64.2 Å². The molecule has 2 nitrogen and oxygen atoms in total. The molecule has 0 aliphatic heterocycles. The second kappa shape index (κ2) is 6.75. The number of rotatable bonds is 3. The fourth-order valence-corrected chi connectivity index (χ4v) is 3.97. The Morgan fingerprint density at radius 1 is 0.824 bits per heavy atom. The minimum absolute atomic E-state index is 0.598. The predicted molar refractivity (Wildman–Crippen MR) is 73.4 cm³/mol. The molecule has 0 spiro atoms. The molecule has 2 rings (SSSR count). The van der Waals surface area contributed by atoms with Gasteiger partial charge in [-0.3, -0.25) is 11.3 Å². The molecule has 2 aliphatic rings. The summed E-state index contributed by atoms with van der Waals surface area (Å²) in [7, 11) is 0. The van der Waals surface area contributed by atoms with Crippen molar-refractivity contribution >= 4 is 0 Å². The van der Waals surface area contributed by atoms with Crippen LogP contribution in [-0.4, -0.2) is 6.04 Å². The van der Waals surface area contributed by atoms with Crippen molar-refractivity contribution in [2.24, 2.45) is 23.6 Å². The van der Waals surface area contributed by atoms with Gasteiger partial charge in [0.1, 0.15) is 0 Å². The van der Waals surface area contributed by atoms with Gasteiger partial charge in [-0.2, -0.15) is 0 Å². The van der Waals surface area contributed by atoms with Crippen LogP contribution in [0.15, 0.2) is 0 Å². The second-order valence-corrected chi connectivity index (χ2v) is 6.46. The summed E-state index contributed by atoms with van der Waals surface area (Å²) in [6.07, 6.45) is 14.1. The van der Waals surface area contributed by atoms with E-state index in [2.05, 4.69) is 12.3 Å². The summed E-state index contributed by atoms with van der Waals surface area (Å²) in [4.78, 5) is 0. The Kier molecular flexibility index (Phi) is 5.30. The third-order valence-corrected chi connectivity index (χ3v) is 5.17. The Labute approximate surface area is 107 Å². The molecule has 2 heteroatoms. The number of hydrogen-bond acceptors (Lipinski definition) is 2. The van der Waals surface area contributed by atoms with Crippen LogP contribution in [0.1, 0.15) is 71.1 Å². The number of nitrogens with two attached hydrogens (primary N) is 1. The van der Waals surface area contributed by atoms with Crippen molar-refractivity contribution in [1.29, 1.82) is 0 Å². The van der Waals surface area contributed by atoms with Crippen molar-refractivity contribution in [3.63, 3.8) is 0 Å². The average Bonchev–Trinajstić information content (AvgIpc) is 2.62. The van der Waals surface area contributed by atoms with E-state index in [0.717, 1.165) is 17.8 Å². The van der Waals surface area contributed by atoms with Crippen molar-refractivity contribution < 1.29 is 0 Å². The van der Waals surface area contributed by atoms with E-state index < -0.39 is 0 Å². The molecule has 2 fully saturated rings. The SMILES string of the molecule is CC1CCC(C(NN)C2CCCCCC2)CC1. The summed E-state index contributed by atoms with van der Waals surface area (Å²) >= 11 is 0. The van der Waals surface area contributed by atoms with Crippen LogP contribution < -0.4 is 11.3 Å². The third-order valence-electron chi connectivity index (χ3n) is 5.17. The van der Waals surface area contributed by atoms with Gasteiger partial charge in [-0.25, -0.2) is 0 Å². The Balaban J connectivity index is 1.89. The van der Waals surface area contributed by atoms with Gasteiger partial charge in [-0.1, -0.05) is 45.4 Å². The molecule has 0 radical (unpaired) electrons. The molecule has 1 unspecified atom stereocenters. The van der Waals surface area contributed by atoms with Crippen LogP contribution in [-0.2, 0) is 0 Å². The summed E-state index contributed by atoms with van der Waals surface area (Å²) in [5.41, 5.74) is 3.18. The van der Waals surface area contributed by atoms with Gasteiger partial charge in [-0.15, -0.1) is 0 Å². The van der Waals surface area contributed by atoms with Gasteiger partial charge in [0, 0.05) is 6.04 Å². The molecule has 100 valence electrons. The molecule has 0 bridgehead atoms. The molecule has 17 heavy (non-hydrogen) atoms. The first-order valence-corrected chi connectivity index (χ1v) is 7.77. The number of hydrogen-bond donors (Lipinski definition) is 2. The van der Waals surface area contributed by atoms with Gasteiger partial charge < -0.3 is 0 Å². The molecule has 0 amide bonds. The summed E-state index contributed by atoms with van der Waals surface area (Å²) in [6, 6.07) is 0.598. The van der Waals surface area contributed by atoms with E-state index in [1.54, 1.807) is 0 Å². The van der Waals surface area contributed by atoms with Gasteiger partial charge in [0.05, 0.1) is 0 Å². The fraction of sp³-hybridized carbons (Fsp3) is 1.00. The highest BCUT2D eigenvalue weighted by molar-refractivity contribution is 4.85. The van der Waals surface area contributed by atoms with E-state index in [0.29, 0.717) is 6.04 Å². The fourth-order valence-electron chi connectivity index (χ4n) is 3.97. The molecular formula is C15H30N2. The standard InChI is InChI=1S/C15H30N2/c1-12-8-10-14(11-9-12)15(17-16)13-6-4-2-3-5-7-13/h12-15,17H,2-11,16H2,1H3. The molecule has 3 N–H and O–H groups in total. The van der Waals surface area contributed by atoms with Crippen LogP contribution in [0.2, 0.25) is 0 Å². The third kappa shape index (κ3) is 3.69. The molecule has 2 saturated carbocycles. The quantitative estimate of drug-likeness (QED) is 0.448. The lowest BCUT2D eigenvalue weighted by Gasteiger charge is -2.36. The van der Waals surface area contributed by atoms with Gasteiger partial charge in [0.2, 0.25) is 0 Å². The lowest BCUT2D eigenvalue weighted by atomic mass is 9.74. The van der Waals surface area contributed by atoms with Crippen molar-refractivity contribution in [3.05, 3.63) is 0 Å². The van der Waals surface area contributed by atoms with Gasteiger partial charge in [0.25, 0.3) is 0 Å². The van der Waals surface area contributed by atoms with Crippen molar-refractivity contribution in [2.75, 3.05) is 0 Å². The van der Waals surface area contributed by atoms with Gasteiger partial charge in [0.15, 0.2) is 0 Å². The zero-order chi connectivity index (χ0) is 12.1. The van der Waals surface area contributed by atoms with E-state index in [4.69, 9.17) is 5.84 Å². The highest BCUT2D eigenvalue weighted by Crippen LogP contribution is 2.36. The number of hydrazine groups is 1.